The Labute approximate surface area is 84.4 Å². The minimum Gasteiger partial charge on any atom is -0.353 e. The number of hydrogen-bond acceptors (Lipinski definition) is 2. The summed E-state index contributed by atoms with van der Waals surface area (Å²) in [5, 5.41) is 2.99. The van der Waals surface area contributed by atoms with Gasteiger partial charge in [-0.05, 0) is 33.0 Å². The summed E-state index contributed by atoms with van der Waals surface area (Å²) in [6, 6.07) is 0.368. The van der Waals surface area contributed by atoms with Crippen LogP contribution in [-0.2, 0) is 4.79 Å². The lowest BCUT2D eigenvalue weighted by Crippen LogP contribution is -2.43. The molecule has 0 aromatic carbocycles. The molecule has 0 unspecified atom stereocenters. The number of carbonyl (C=O) groups excluding carboxylic acids is 1. The largest absolute Gasteiger partial charge is 0.353 e. The van der Waals surface area contributed by atoms with E-state index in [4.69, 9.17) is 11.6 Å². The number of halogens is 1. The summed E-state index contributed by atoms with van der Waals surface area (Å²) in [7, 11) is 2.11. The molecular formula is C9H17ClN2O. The van der Waals surface area contributed by atoms with Crippen LogP contribution in [0.25, 0.3) is 0 Å². The molecule has 4 heteroatoms. The number of nitrogens with zero attached hydrogens (tertiary/aromatic N) is 1. The van der Waals surface area contributed by atoms with Gasteiger partial charge in [-0.3, -0.25) is 4.79 Å². The smallest absolute Gasteiger partial charge is 0.221 e. The zero-order chi connectivity index (χ0) is 9.68. The topological polar surface area (TPSA) is 32.3 Å². The Morgan fingerprint density at radius 3 is 2.69 bits per heavy atom. The van der Waals surface area contributed by atoms with E-state index < -0.39 is 0 Å². The van der Waals surface area contributed by atoms with Crippen molar-refractivity contribution >= 4 is 17.5 Å². The first kappa shape index (κ1) is 10.8. The number of piperidine rings is 1. The van der Waals surface area contributed by atoms with Gasteiger partial charge in [0.15, 0.2) is 0 Å². The van der Waals surface area contributed by atoms with E-state index in [0.29, 0.717) is 18.3 Å². The van der Waals surface area contributed by atoms with Crippen molar-refractivity contribution in [3.8, 4) is 0 Å². The second-order valence-electron chi connectivity index (χ2n) is 3.58. The standard InChI is InChI=1S/C9H17ClN2O/c1-12-6-3-8(4-7-12)11-9(13)2-5-10/h8H,2-7H2,1H3,(H,11,13). The second kappa shape index (κ2) is 5.45. The summed E-state index contributed by atoms with van der Waals surface area (Å²) in [6.07, 6.45) is 2.56. The normalized spacial score (nSPS) is 20.2. The molecule has 0 radical (unpaired) electrons. The van der Waals surface area contributed by atoms with Gasteiger partial charge >= 0.3 is 0 Å². The highest BCUT2D eigenvalue weighted by Crippen LogP contribution is 2.08. The number of carbonyl (C=O) groups is 1. The molecule has 0 aromatic rings. The van der Waals surface area contributed by atoms with Crippen molar-refractivity contribution in [2.75, 3.05) is 26.0 Å². The fourth-order valence-electron chi connectivity index (χ4n) is 1.54. The first-order valence-electron chi connectivity index (χ1n) is 4.76. The SMILES string of the molecule is CN1CCC(NC(=O)CCCl)CC1. The zero-order valence-electron chi connectivity index (χ0n) is 8.05. The van der Waals surface area contributed by atoms with Crippen molar-refractivity contribution in [2.24, 2.45) is 0 Å². The lowest BCUT2D eigenvalue weighted by atomic mass is 10.1. The third-order valence-electron chi connectivity index (χ3n) is 2.41. The third kappa shape index (κ3) is 3.96. The van der Waals surface area contributed by atoms with Gasteiger partial charge in [0.05, 0.1) is 0 Å². The average molecular weight is 205 g/mol. The number of nitrogens with one attached hydrogen (secondary N) is 1. The van der Waals surface area contributed by atoms with E-state index in [-0.39, 0.29) is 5.91 Å². The first-order valence-corrected chi connectivity index (χ1v) is 5.29. The molecule has 0 spiro atoms. The lowest BCUT2D eigenvalue weighted by molar-refractivity contribution is -0.121. The van der Waals surface area contributed by atoms with Crippen LogP contribution in [0.4, 0.5) is 0 Å². The maximum atomic E-state index is 11.2. The fraction of sp³-hybridized carbons (Fsp3) is 0.889. The minimum absolute atomic E-state index is 0.0875. The molecule has 1 heterocycles. The van der Waals surface area contributed by atoms with Crippen molar-refractivity contribution in [3.63, 3.8) is 0 Å². The summed E-state index contributed by atoms with van der Waals surface area (Å²) in [5.41, 5.74) is 0. The highest BCUT2D eigenvalue weighted by molar-refractivity contribution is 6.18. The van der Waals surface area contributed by atoms with Crippen LogP contribution in [0.2, 0.25) is 0 Å². The Hall–Kier alpha value is -0.280. The minimum atomic E-state index is 0.0875. The maximum absolute atomic E-state index is 11.2. The van der Waals surface area contributed by atoms with Crippen molar-refractivity contribution in [3.05, 3.63) is 0 Å². The molecule has 0 bridgehead atoms. The Kier molecular flexibility index (Phi) is 4.53. The summed E-state index contributed by atoms with van der Waals surface area (Å²) in [5.74, 6) is 0.503. The van der Waals surface area contributed by atoms with Crippen LogP contribution >= 0.6 is 11.6 Å². The van der Waals surface area contributed by atoms with E-state index in [0.717, 1.165) is 25.9 Å². The molecule has 0 atom stereocenters. The van der Waals surface area contributed by atoms with Crippen LogP contribution < -0.4 is 5.32 Å². The Morgan fingerprint density at radius 1 is 1.54 bits per heavy atom. The molecule has 1 aliphatic heterocycles. The molecule has 0 aliphatic carbocycles. The highest BCUT2D eigenvalue weighted by atomic mass is 35.5. The number of alkyl halides is 1. The van der Waals surface area contributed by atoms with Crippen LogP contribution in [0.5, 0.6) is 0 Å². The molecular weight excluding hydrogens is 188 g/mol. The average Bonchev–Trinajstić information content (AvgIpc) is 2.09. The molecule has 13 heavy (non-hydrogen) atoms. The van der Waals surface area contributed by atoms with Crippen molar-refractivity contribution in [1.29, 1.82) is 0 Å². The second-order valence-corrected chi connectivity index (χ2v) is 3.96. The number of hydrogen-bond donors (Lipinski definition) is 1. The predicted octanol–water partition coefficient (Wildman–Crippen LogP) is 0.826. The van der Waals surface area contributed by atoms with Gasteiger partial charge < -0.3 is 10.2 Å². The summed E-state index contributed by atoms with van der Waals surface area (Å²) in [4.78, 5) is 13.5. The summed E-state index contributed by atoms with van der Waals surface area (Å²) < 4.78 is 0. The van der Waals surface area contributed by atoms with Crippen molar-refractivity contribution in [2.45, 2.75) is 25.3 Å². The van der Waals surface area contributed by atoms with E-state index >= 15 is 0 Å². The molecule has 1 fully saturated rings. The fourth-order valence-corrected chi connectivity index (χ4v) is 1.71. The lowest BCUT2D eigenvalue weighted by Gasteiger charge is -2.29. The van der Waals surface area contributed by atoms with Crippen LogP contribution in [0.15, 0.2) is 0 Å². The predicted molar refractivity (Wildman–Crippen MR) is 54.0 cm³/mol. The molecule has 1 amide bonds. The van der Waals surface area contributed by atoms with Crippen LogP contribution in [0, 0.1) is 0 Å². The van der Waals surface area contributed by atoms with Crippen LogP contribution in [0.1, 0.15) is 19.3 Å². The molecule has 1 saturated heterocycles. The van der Waals surface area contributed by atoms with Gasteiger partial charge in [-0.2, -0.15) is 0 Å². The van der Waals surface area contributed by atoms with E-state index in [1.165, 1.54) is 0 Å². The quantitative estimate of drug-likeness (QED) is 0.691. The monoisotopic (exact) mass is 204 g/mol. The van der Waals surface area contributed by atoms with E-state index in [1.54, 1.807) is 0 Å². The molecule has 1 aliphatic rings. The maximum Gasteiger partial charge on any atom is 0.221 e. The van der Waals surface area contributed by atoms with Crippen LogP contribution in [0.3, 0.4) is 0 Å². The Balaban J connectivity index is 2.18. The number of amides is 1. The van der Waals surface area contributed by atoms with Gasteiger partial charge in [0.2, 0.25) is 5.91 Å². The van der Waals surface area contributed by atoms with E-state index in [1.807, 2.05) is 0 Å². The van der Waals surface area contributed by atoms with Crippen molar-refractivity contribution < 1.29 is 4.79 Å². The molecule has 0 saturated carbocycles. The van der Waals surface area contributed by atoms with Crippen molar-refractivity contribution in [1.82, 2.24) is 10.2 Å². The molecule has 1 N–H and O–H groups in total. The zero-order valence-corrected chi connectivity index (χ0v) is 8.81. The van der Waals surface area contributed by atoms with Gasteiger partial charge in [0.25, 0.3) is 0 Å². The van der Waals surface area contributed by atoms with E-state index in [2.05, 4.69) is 17.3 Å². The van der Waals surface area contributed by atoms with Gasteiger partial charge in [-0.15, -0.1) is 11.6 Å². The van der Waals surface area contributed by atoms with Gasteiger partial charge in [0, 0.05) is 18.3 Å². The summed E-state index contributed by atoms with van der Waals surface area (Å²) in [6.45, 7) is 2.15. The van der Waals surface area contributed by atoms with Crippen LogP contribution in [-0.4, -0.2) is 42.9 Å². The van der Waals surface area contributed by atoms with E-state index in [9.17, 15) is 4.79 Å². The molecule has 76 valence electrons. The molecule has 3 nitrogen and oxygen atoms in total. The Bertz CT molecular complexity index is 167. The molecule has 0 aromatic heterocycles. The number of likely N-dealkylation sites (tertiary alicyclic amines) is 1. The molecule has 1 rings (SSSR count). The highest BCUT2D eigenvalue weighted by Gasteiger charge is 2.17. The Morgan fingerprint density at radius 2 is 2.15 bits per heavy atom. The van der Waals surface area contributed by atoms with Gasteiger partial charge in [0.1, 0.15) is 0 Å². The van der Waals surface area contributed by atoms with Gasteiger partial charge in [-0.1, -0.05) is 0 Å². The summed E-state index contributed by atoms with van der Waals surface area (Å²) >= 11 is 5.47. The number of rotatable bonds is 3. The first-order chi connectivity index (χ1) is 6.22. The van der Waals surface area contributed by atoms with Gasteiger partial charge in [-0.25, -0.2) is 0 Å². The third-order valence-corrected chi connectivity index (χ3v) is 2.59.